The van der Waals surface area contributed by atoms with Crippen LogP contribution in [0.4, 0.5) is 10.6 Å². The average molecular weight is 625 g/mol. The molecule has 238 valence electrons. The molecule has 1 aliphatic heterocycles. The summed E-state index contributed by atoms with van der Waals surface area (Å²) in [4.78, 5) is 48.3. The summed E-state index contributed by atoms with van der Waals surface area (Å²) in [6.45, 7) is 4.20. The molecule has 2 fully saturated rings. The number of anilines is 1. The zero-order valence-electron chi connectivity index (χ0n) is 25.5. The molecule has 1 saturated heterocycles. The van der Waals surface area contributed by atoms with Gasteiger partial charge in [-0.05, 0) is 68.2 Å². The molecule has 1 N–H and O–H groups in total. The minimum Gasteiger partial charge on any atom is -0.457 e. The van der Waals surface area contributed by atoms with Crippen LogP contribution in [0.3, 0.4) is 0 Å². The van der Waals surface area contributed by atoms with Crippen molar-refractivity contribution in [2.45, 2.75) is 51.0 Å². The number of para-hydroxylation sites is 1. The lowest BCUT2D eigenvalue weighted by Gasteiger charge is -2.32. The van der Waals surface area contributed by atoms with Crippen LogP contribution in [-0.4, -0.2) is 62.5 Å². The van der Waals surface area contributed by atoms with Gasteiger partial charge >= 0.3 is 12.1 Å². The Hall–Kier alpha value is -5.26. The Morgan fingerprint density at radius 1 is 0.913 bits per heavy atom. The van der Waals surface area contributed by atoms with Crippen LogP contribution in [0.1, 0.15) is 51.0 Å². The fraction of sp³-hybridized carbons (Fsp3) is 0.353. The highest BCUT2D eigenvalue weighted by Gasteiger charge is 2.29. The van der Waals surface area contributed by atoms with Crippen molar-refractivity contribution in [1.29, 1.82) is 0 Å². The maximum absolute atomic E-state index is 12.9. The van der Waals surface area contributed by atoms with Gasteiger partial charge < -0.3 is 19.1 Å². The van der Waals surface area contributed by atoms with Gasteiger partial charge in [0.1, 0.15) is 23.5 Å². The second-order valence-corrected chi connectivity index (χ2v) is 11.4. The van der Waals surface area contributed by atoms with Gasteiger partial charge in [-0.1, -0.05) is 44.0 Å². The molecule has 12 nitrogen and oxygen atoms in total. The molecule has 4 aromatic rings. The van der Waals surface area contributed by atoms with Gasteiger partial charge in [-0.15, -0.1) is 0 Å². The van der Waals surface area contributed by atoms with Crippen molar-refractivity contribution in [3.63, 3.8) is 0 Å². The maximum atomic E-state index is 12.9. The van der Waals surface area contributed by atoms with Gasteiger partial charge in [-0.25, -0.2) is 19.4 Å². The number of aromatic nitrogens is 4. The van der Waals surface area contributed by atoms with Gasteiger partial charge in [-0.3, -0.25) is 14.9 Å². The highest BCUT2D eigenvalue weighted by Crippen LogP contribution is 2.36. The van der Waals surface area contributed by atoms with E-state index in [-0.39, 0.29) is 29.7 Å². The number of hydrogen-bond acceptors (Lipinski definition) is 9. The van der Waals surface area contributed by atoms with E-state index in [4.69, 9.17) is 19.3 Å². The molecular weight excluding hydrogens is 588 g/mol. The third-order valence-corrected chi connectivity index (χ3v) is 8.37. The molecule has 2 aromatic heterocycles. The monoisotopic (exact) mass is 624 g/mol. The van der Waals surface area contributed by atoms with Crippen LogP contribution in [0.2, 0.25) is 0 Å². The maximum Gasteiger partial charge on any atom is 0.415 e. The number of rotatable bonds is 9. The third kappa shape index (κ3) is 7.01. The van der Waals surface area contributed by atoms with Crippen molar-refractivity contribution in [2.24, 2.45) is 5.92 Å². The fourth-order valence-electron chi connectivity index (χ4n) is 6.04. The second-order valence-electron chi connectivity index (χ2n) is 11.4. The van der Waals surface area contributed by atoms with Crippen LogP contribution in [-0.2, 0) is 19.1 Å². The normalized spacial score (nSPS) is 16.9. The molecule has 6 rings (SSSR count). The second kappa shape index (κ2) is 14.2. The molecule has 1 saturated carbocycles. The molecule has 2 aromatic carbocycles. The Labute approximate surface area is 266 Å². The van der Waals surface area contributed by atoms with Crippen LogP contribution in [0, 0.1) is 5.92 Å². The number of carbonyl (C=O) groups is 3. The third-order valence-electron chi connectivity index (χ3n) is 8.37. The summed E-state index contributed by atoms with van der Waals surface area (Å²) < 4.78 is 18.2. The van der Waals surface area contributed by atoms with Crippen LogP contribution in [0.25, 0.3) is 22.3 Å². The summed E-state index contributed by atoms with van der Waals surface area (Å²) in [6, 6.07) is 16.7. The quantitative estimate of drug-likeness (QED) is 0.130. The van der Waals surface area contributed by atoms with E-state index in [1.165, 1.54) is 12.4 Å². The van der Waals surface area contributed by atoms with E-state index < -0.39 is 12.9 Å². The molecule has 0 unspecified atom stereocenters. The summed E-state index contributed by atoms with van der Waals surface area (Å²) in [7, 11) is 0. The van der Waals surface area contributed by atoms with Gasteiger partial charge in [0.25, 0.3) is 0 Å². The van der Waals surface area contributed by atoms with Crippen LogP contribution < -0.4 is 10.1 Å². The van der Waals surface area contributed by atoms with Gasteiger partial charge in [0.15, 0.2) is 11.5 Å². The number of likely N-dealkylation sites (tertiary alicyclic amines) is 1. The van der Waals surface area contributed by atoms with E-state index in [0.717, 1.165) is 50.5 Å². The average Bonchev–Trinajstić information content (AvgIpc) is 3.50. The number of amides is 2. The van der Waals surface area contributed by atoms with Crippen molar-refractivity contribution in [3.05, 3.63) is 73.6 Å². The molecule has 1 aliphatic carbocycles. The van der Waals surface area contributed by atoms with Crippen LogP contribution in [0.5, 0.6) is 11.5 Å². The topological polar surface area (TPSA) is 138 Å². The number of fused-ring (bicyclic) bond motifs is 1. The van der Waals surface area contributed by atoms with Gasteiger partial charge in [0.05, 0.1) is 17.3 Å². The van der Waals surface area contributed by atoms with E-state index in [1.807, 2.05) is 54.6 Å². The van der Waals surface area contributed by atoms with Crippen LogP contribution in [0.15, 0.2) is 73.6 Å². The Bertz CT molecular complexity index is 1700. The molecule has 12 heteroatoms. The lowest BCUT2D eigenvalue weighted by Crippen LogP contribution is -2.40. The molecule has 1 atom stereocenters. The molecule has 3 heterocycles. The number of benzene rings is 2. The molecular formula is C34H36N6O6. The number of nitrogens with one attached hydrogen (secondary N) is 1. The summed E-state index contributed by atoms with van der Waals surface area (Å²) in [5.74, 6) is 0.900. The van der Waals surface area contributed by atoms with E-state index in [9.17, 15) is 14.4 Å². The highest BCUT2D eigenvalue weighted by atomic mass is 16.7. The molecule has 2 amide bonds. The smallest absolute Gasteiger partial charge is 0.415 e. The lowest BCUT2D eigenvalue weighted by molar-refractivity contribution is -0.157. The lowest BCUT2D eigenvalue weighted by atomic mass is 9.89. The highest BCUT2D eigenvalue weighted by molar-refractivity contribution is 6.03. The fourth-order valence-corrected chi connectivity index (χ4v) is 6.04. The summed E-state index contributed by atoms with van der Waals surface area (Å²) in [5, 5.41) is 8.16. The van der Waals surface area contributed by atoms with Crippen molar-refractivity contribution in [1.82, 2.24) is 24.6 Å². The summed E-state index contributed by atoms with van der Waals surface area (Å²) in [6.07, 6.45) is 8.07. The standard InChI is InChI=1S/C34H36N6O6/c1-2-28(41)39-19-9-12-25(20-39)40-32-29(30(38-40)23-15-17-27(18-16-23)46-26-13-7-4-8-14-26)31(35-21-36-32)37-34(43)45-22-44-33(42)24-10-5-3-6-11-24/h2,4,7-8,13-18,21,24-25H,1,3,5-6,9-12,19-20,22H2,(H,35,36,37,43)/t25-/m1/s1. The molecule has 46 heavy (non-hydrogen) atoms. The number of ether oxygens (including phenoxy) is 3. The van der Waals surface area contributed by atoms with E-state index in [0.29, 0.717) is 41.3 Å². The Balaban J connectivity index is 1.27. The number of esters is 1. The van der Waals surface area contributed by atoms with Crippen molar-refractivity contribution < 1.29 is 28.6 Å². The van der Waals surface area contributed by atoms with E-state index >= 15 is 0 Å². The zero-order chi connectivity index (χ0) is 31.9. The zero-order valence-corrected chi connectivity index (χ0v) is 25.5. The number of hydrogen-bond donors (Lipinski definition) is 1. The van der Waals surface area contributed by atoms with Crippen molar-refractivity contribution in [2.75, 3.05) is 25.2 Å². The predicted molar refractivity (Wildman–Crippen MR) is 170 cm³/mol. The molecule has 0 spiro atoms. The first-order chi connectivity index (χ1) is 22.5. The minimum absolute atomic E-state index is 0.140. The Kier molecular flexibility index (Phi) is 9.51. The molecule has 0 bridgehead atoms. The van der Waals surface area contributed by atoms with Crippen molar-refractivity contribution >= 4 is 34.8 Å². The largest absolute Gasteiger partial charge is 0.457 e. The number of piperidine rings is 1. The summed E-state index contributed by atoms with van der Waals surface area (Å²) in [5.41, 5.74) is 1.77. The first kappa shape index (κ1) is 30.8. The minimum atomic E-state index is -0.831. The van der Waals surface area contributed by atoms with Gasteiger partial charge in [-0.2, -0.15) is 5.10 Å². The van der Waals surface area contributed by atoms with Crippen molar-refractivity contribution in [3.8, 4) is 22.8 Å². The first-order valence-corrected chi connectivity index (χ1v) is 15.6. The molecule has 2 aliphatic rings. The van der Waals surface area contributed by atoms with Crippen LogP contribution >= 0.6 is 0 Å². The number of carbonyl (C=O) groups excluding carboxylic acids is 3. The Morgan fingerprint density at radius 3 is 2.43 bits per heavy atom. The first-order valence-electron chi connectivity index (χ1n) is 15.6. The van der Waals surface area contributed by atoms with E-state index in [2.05, 4.69) is 21.9 Å². The Morgan fingerprint density at radius 2 is 1.67 bits per heavy atom. The summed E-state index contributed by atoms with van der Waals surface area (Å²) >= 11 is 0. The molecule has 0 radical (unpaired) electrons. The predicted octanol–water partition coefficient (Wildman–Crippen LogP) is 6.26. The SMILES string of the molecule is C=CC(=O)N1CCC[C@@H](n2nc(-c3ccc(Oc4ccccc4)cc3)c3c(NC(=O)OCOC(=O)C4CCCCC4)ncnc32)C1. The van der Waals surface area contributed by atoms with Gasteiger partial charge in [0, 0.05) is 18.7 Å². The number of nitrogens with zero attached hydrogens (tertiary/aromatic N) is 5. The van der Waals surface area contributed by atoms with Gasteiger partial charge in [0.2, 0.25) is 12.7 Å². The van der Waals surface area contributed by atoms with E-state index in [1.54, 1.807) is 9.58 Å².